The van der Waals surface area contributed by atoms with Gasteiger partial charge < -0.3 is 17.1 Å². The van der Waals surface area contributed by atoms with Crippen LogP contribution in [0.1, 0.15) is 17.5 Å². The van der Waals surface area contributed by atoms with Crippen molar-refractivity contribution in [3.63, 3.8) is 0 Å². The van der Waals surface area contributed by atoms with E-state index in [1.807, 2.05) is 0 Å². The summed E-state index contributed by atoms with van der Waals surface area (Å²) in [7, 11) is -6.44. The van der Waals surface area contributed by atoms with Gasteiger partial charge in [-0.3, -0.25) is 0 Å². The van der Waals surface area contributed by atoms with Crippen molar-refractivity contribution < 1.29 is 17.1 Å². The number of hydrogen-bond acceptors (Lipinski definition) is 4. The molecule has 8 heteroatoms. The minimum absolute atomic E-state index is 0.804. The molecular formula is C44H54O4Si4. The quantitative estimate of drug-likeness (QED) is 0.116. The maximum atomic E-state index is 6.60. The van der Waals surface area contributed by atoms with Gasteiger partial charge in [-0.05, 0) is 160 Å². The molecular weight excluding hydrogens is 705 g/mol. The van der Waals surface area contributed by atoms with Crippen LogP contribution in [-0.2, 0) is 20.7 Å². The third-order valence-corrected chi connectivity index (χ3v) is 21.8. The lowest BCUT2D eigenvalue weighted by molar-refractivity contribution is 0.543. The van der Waals surface area contributed by atoms with Gasteiger partial charge in [-0.25, -0.2) is 0 Å². The molecule has 2 heterocycles. The van der Waals surface area contributed by atoms with E-state index >= 15 is 0 Å². The van der Waals surface area contributed by atoms with Crippen molar-refractivity contribution in [1.29, 1.82) is 0 Å². The lowest BCUT2D eigenvalue weighted by Crippen LogP contribution is -2.44. The predicted molar refractivity (Wildman–Crippen MR) is 233 cm³/mol. The summed E-state index contributed by atoms with van der Waals surface area (Å²) < 4.78 is 26.3. The molecule has 7 aromatic rings. The zero-order valence-electron chi connectivity index (χ0n) is 32.7. The number of furan rings is 2. The van der Waals surface area contributed by atoms with Gasteiger partial charge in [0.2, 0.25) is 0 Å². The van der Waals surface area contributed by atoms with E-state index < -0.39 is 33.3 Å². The van der Waals surface area contributed by atoms with Gasteiger partial charge in [0.1, 0.15) is 11.2 Å². The lowest BCUT2D eigenvalue weighted by atomic mass is 10.0. The van der Waals surface area contributed by atoms with Crippen molar-refractivity contribution in [2.45, 2.75) is 90.4 Å². The van der Waals surface area contributed by atoms with Crippen LogP contribution in [0.2, 0.25) is 71.5 Å². The summed E-state index contributed by atoms with van der Waals surface area (Å²) >= 11 is 0. The second kappa shape index (κ2) is 13.7. The number of aryl methyl sites for hydroxylation is 1. The summed E-state index contributed by atoms with van der Waals surface area (Å²) in [6, 6.07) is 37.7. The first-order chi connectivity index (χ1) is 24.4. The van der Waals surface area contributed by atoms with Crippen molar-refractivity contribution in [2.24, 2.45) is 0 Å². The molecule has 0 radical (unpaired) electrons. The normalized spacial score (nSPS) is 13.3. The molecule has 0 atom stereocenters. The molecule has 0 aliphatic carbocycles. The Labute approximate surface area is 313 Å². The number of benzene rings is 5. The Bertz CT molecular complexity index is 2370. The third-order valence-electron chi connectivity index (χ3n) is 9.69. The number of rotatable bonds is 12. The van der Waals surface area contributed by atoms with Crippen molar-refractivity contribution in [1.82, 2.24) is 0 Å². The Balaban J connectivity index is 1.11. The Morgan fingerprint density at radius 1 is 0.442 bits per heavy atom. The second-order valence-corrected chi connectivity index (χ2v) is 35.8. The van der Waals surface area contributed by atoms with Crippen LogP contribution in [0.5, 0.6) is 0 Å². The number of hydrogen-bond donors (Lipinski definition) is 0. The van der Waals surface area contributed by atoms with Gasteiger partial charge in [-0.15, -0.1) is 0 Å². The van der Waals surface area contributed by atoms with Crippen molar-refractivity contribution in [3.8, 4) is 22.3 Å². The highest BCUT2D eigenvalue weighted by Gasteiger charge is 2.30. The van der Waals surface area contributed by atoms with E-state index in [1.54, 1.807) is 0 Å². The van der Waals surface area contributed by atoms with Crippen LogP contribution in [0.25, 0.3) is 66.1 Å². The fourth-order valence-corrected chi connectivity index (χ4v) is 24.3. The van der Waals surface area contributed by atoms with E-state index in [0.29, 0.717) is 0 Å². The average Bonchev–Trinajstić information content (AvgIpc) is 3.60. The maximum absolute atomic E-state index is 6.60. The van der Waals surface area contributed by atoms with Gasteiger partial charge in [0, 0.05) is 21.5 Å². The first kappa shape index (κ1) is 36.8. The number of fused-ring (bicyclic) bond motifs is 7. The molecule has 0 unspecified atom stereocenters. The monoisotopic (exact) mass is 758 g/mol. The summed E-state index contributed by atoms with van der Waals surface area (Å²) in [6.07, 6.45) is 2.26. The van der Waals surface area contributed by atoms with Gasteiger partial charge in [-0.2, -0.15) is 0 Å². The smallest absolute Gasteiger partial charge is 0.178 e. The van der Waals surface area contributed by atoms with Gasteiger partial charge in [0.05, 0.1) is 0 Å². The Morgan fingerprint density at radius 3 is 1.31 bits per heavy atom. The van der Waals surface area contributed by atoms with Crippen LogP contribution in [-0.4, -0.2) is 33.3 Å². The van der Waals surface area contributed by atoms with Gasteiger partial charge in [0.15, 0.2) is 44.4 Å². The Morgan fingerprint density at radius 2 is 0.846 bits per heavy atom. The summed E-state index contributed by atoms with van der Waals surface area (Å²) in [5, 5.41) is 4.36. The molecule has 0 aliphatic rings. The summed E-state index contributed by atoms with van der Waals surface area (Å²) in [4.78, 5) is 0. The zero-order chi connectivity index (χ0) is 37.1. The van der Waals surface area contributed by atoms with Crippen LogP contribution in [0.4, 0.5) is 0 Å². The molecule has 4 nitrogen and oxygen atoms in total. The average molecular weight is 759 g/mol. The maximum Gasteiger partial charge on any atom is 0.178 e. The summed E-state index contributed by atoms with van der Waals surface area (Å²) in [5.74, 6) is 0. The fraction of sp³-hybridized carbons (Fsp3) is 0.318. The fourth-order valence-electron chi connectivity index (χ4n) is 8.06. The van der Waals surface area contributed by atoms with E-state index in [-0.39, 0.29) is 0 Å². The first-order valence-corrected chi connectivity index (χ1v) is 31.9. The van der Waals surface area contributed by atoms with Crippen LogP contribution in [0.15, 0.2) is 106 Å². The van der Waals surface area contributed by atoms with E-state index in [4.69, 9.17) is 17.1 Å². The largest absolute Gasteiger partial charge is 0.456 e. The molecule has 0 saturated carbocycles. The molecule has 0 saturated heterocycles. The molecule has 0 amide bonds. The van der Waals surface area contributed by atoms with Crippen molar-refractivity contribution >= 4 is 77.1 Å². The molecule has 7 rings (SSSR count). The van der Waals surface area contributed by atoms with E-state index in [2.05, 4.69) is 163 Å². The van der Waals surface area contributed by atoms with E-state index in [1.165, 1.54) is 34.7 Å². The van der Waals surface area contributed by atoms with Crippen LogP contribution >= 0.6 is 0 Å². The van der Waals surface area contributed by atoms with Crippen molar-refractivity contribution in [3.05, 3.63) is 108 Å². The van der Waals surface area contributed by atoms with Crippen LogP contribution in [0.3, 0.4) is 0 Å². The van der Waals surface area contributed by atoms with Gasteiger partial charge in [0.25, 0.3) is 0 Å². The molecule has 2 aromatic heterocycles. The van der Waals surface area contributed by atoms with Crippen molar-refractivity contribution in [2.75, 3.05) is 0 Å². The molecule has 0 N–H and O–H groups in total. The first-order valence-electron chi connectivity index (χ1n) is 18.8. The summed E-state index contributed by atoms with van der Waals surface area (Å²) in [5.41, 5.74) is 10.8. The zero-order valence-corrected chi connectivity index (χ0v) is 36.7. The molecule has 0 aliphatic heterocycles. The summed E-state index contributed by atoms with van der Waals surface area (Å²) in [6.45, 7) is 23.1. The minimum Gasteiger partial charge on any atom is -0.456 e. The SMILES string of the molecule is C[Si](C)(C)O[Si](C)(C)CCCc1ccc(-c2ccc3c(c2)oc2c3ccc3c4ccc(-c5ccc(C[Si](C)(C)O[Si](C)(C)C)cc5)cc4oc32)cc1. The third kappa shape index (κ3) is 8.33. The molecule has 0 spiro atoms. The Hall–Kier alpha value is -3.51. The highest BCUT2D eigenvalue weighted by Crippen LogP contribution is 2.40. The van der Waals surface area contributed by atoms with Gasteiger partial charge >= 0.3 is 0 Å². The molecule has 5 aromatic carbocycles. The van der Waals surface area contributed by atoms with E-state index in [0.717, 1.165) is 67.5 Å². The highest BCUT2D eigenvalue weighted by molar-refractivity contribution is 6.84. The van der Waals surface area contributed by atoms with Gasteiger partial charge in [-0.1, -0.05) is 60.7 Å². The lowest BCUT2D eigenvalue weighted by Gasteiger charge is -2.31. The van der Waals surface area contributed by atoms with Crippen LogP contribution in [0, 0.1) is 0 Å². The topological polar surface area (TPSA) is 44.7 Å². The Kier molecular flexibility index (Phi) is 9.72. The molecule has 0 bridgehead atoms. The second-order valence-electron chi connectivity index (χ2n) is 17.8. The van der Waals surface area contributed by atoms with E-state index in [9.17, 15) is 0 Å². The van der Waals surface area contributed by atoms with Crippen LogP contribution < -0.4 is 0 Å². The molecule has 52 heavy (non-hydrogen) atoms. The molecule has 270 valence electrons. The minimum atomic E-state index is -1.77. The predicted octanol–water partition coefficient (Wildman–Crippen LogP) is 13.9. The highest BCUT2D eigenvalue weighted by atomic mass is 28.4. The standard InChI is InChI=1S/C44H54O4Si4/c1-49(2,3)47-51(7,8)27-11-12-31-13-17-33(18-14-31)35-21-23-37-39-25-26-40-38-24-22-36(29-42(38)46-44(40)43(39)45-41(37)28-35)34-19-15-32(16-20-34)30-52(9,10)48-50(4,5)6/h13-26,28-29H,11-12,27,30H2,1-10H3. The molecule has 0 fully saturated rings.